The number of aliphatic hydroxyl groups is 1. The van der Waals surface area contributed by atoms with E-state index in [1.165, 1.54) is 11.1 Å². The fourth-order valence-corrected chi connectivity index (χ4v) is 5.18. The second-order valence-corrected chi connectivity index (χ2v) is 10.0. The highest BCUT2D eigenvalue weighted by Crippen LogP contribution is 2.36. The second kappa shape index (κ2) is 11.7. The van der Waals surface area contributed by atoms with Crippen molar-refractivity contribution in [2.75, 3.05) is 18.1 Å². The van der Waals surface area contributed by atoms with Crippen LogP contribution in [0.15, 0.2) is 73.1 Å². The zero-order valence-electron chi connectivity index (χ0n) is 22.2. The van der Waals surface area contributed by atoms with Crippen LogP contribution >= 0.6 is 0 Å². The molecule has 0 unspecified atom stereocenters. The third-order valence-corrected chi connectivity index (χ3v) is 7.36. The molecule has 0 fully saturated rings. The number of hydrogen-bond acceptors (Lipinski definition) is 4. The first-order valence-electron chi connectivity index (χ1n) is 13.4. The molecule has 0 saturated heterocycles. The Morgan fingerprint density at radius 3 is 2.74 bits per heavy atom. The molecule has 0 aliphatic carbocycles. The van der Waals surface area contributed by atoms with Crippen molar-refractivity contribution in [3.63, 3.8) is 0 Å². The number of aliphatic hydroxyl groups excluding tert-OH is 1. The summed E-state index contributed by atoms with van der Waals surface area (Å²) in [5.41, 5.74) is 8.76. The minimum Gasteiger partial charge on any atom is -0.493 e. The number of carbonyl (C=O) groups excluding carboxylic acids is 1. The van der Waals surface area contributed by atoms with Crippen molar-refractivity contribution in [1.82, 2.24) is 9.78 Å². The summed E-state index contributed by atoms with van der Waals surface area (Å²) in [7, 11) is 0. The number of carbonyl (C=O) groups is 1. The van der Waals surface area contributed by atoms with Gasteiger partial charge in [-0.25, -0.2) is 0 Å². The number of hydrogen-bond donors (Lipinski definition) is 1. The van der Waals surface area contributed by atoms with E-state index in [-0.39, 0.29) is 12.5 Å². The lowest BCUT2D eigenvalue weighted by atomic mass is 9.93. The summed E-state index contributed by atoms with van der Waals surface area (Å²) in [6, 6.07) is 20.2. The summed E-state index contributed by atoms with van der Waals surface area (Å²) in [4.78, 5) is 15.2. The second-order valence-electron chi connectivity index (χ2n) is 10.0. The van der Waals surface area contributed by atoms with E-state index in [2.05, 4.69) is 43.3 Å². The molecule has 1 amide bonds. The van der Waals surface area contributed by atoms with Gasteiger partial charge in [0.1, 0.15) is 5.75 Å². The molecule has 3 aromatic carbocycles. The molecule has 4 aromatic rings. The van der Waals surface area contributed by atoms with Crippen LogP contribution in [0.2, 0.25) is 0 Å². The first-order valence-corrected chi connectivity index (χ1v) is 13.4. The molecule has 6 heteroatoms. The minimum atomic E-state index is 0.0307. The Hall–Kier alpha value is -3.90. The highest BCUT2D eigenvalue weighted by molar-refractivity contribution is 5.96. The topological polar surface area (TPSA) is 67.6 Å². The molecule has 38 heavy (non-hydrogen) atoms. The minimum absolute atomic E-state index is 0.0307. The van der Waals surface area contributed by atoms with Crippen molar-refractivity contribution >= 4 is 11.6 Å². The van der Waals surface area contributed by atoms with Crippen LogP contribution in [-0.2, 0) is 24.4 Å². The molecule has 0 spiro atoms. The van der Waals surface area contributed by atoms with Crippen LogP contribution < -0.4 is 9.64 Å². The van der Waals surface area contributed by atoms with Gasteiger partial charge in [0, 0.05) is 30.4 Å². The van der Waals surface area contributed by atoms with Gasteiger partial charge in [-0.2, -0.15) is 5.10 Å². The highest BCUT2D eigenvalue weighted by atomic mass is 16.5. The number of nitrogens with zero attached hydrogens (tertiary/aromatic N) is 3. The number of rotatable bonds is 9. The molecule has 1 aromatic heterocycles. The maximum absolute atomic E-state index is 13.2. The standard InChI is InChI=1S/C32H35N3O3/c1-23-8-3-14-31(24(23)2)38-17-7-15-32(37)35-16-6-12-29-28(11-5-13-30(29)35)27-19-33-34(21-27)20-25-9-4-10-26(18-25)22-36/h3-5,8-11,13-14,18-19,21,36H,6-7,12,15-17,20,22H2,1-2H3. The van der Waals surface area contributed by atoms with Crippen LogP contribution in [0.5, 0.6) is 5.75 Å². The molecular weight excluding hydrogens is 474 g/mol. The maximum Gasteiger partial charge on any atom is 0.227 e. The fourth-order valence-electron chi connectivity index (χ4n) is 5.18. The zero-order valence-corrected chi connectivity index (χ0v) is 22.2. The molecule has 196 valence electrons. The van der Waals surface area contributed by atoms with Crippen LogP contribution in [-0.4, -0.2) is 33.9 Å². The number of aromatic nitrogens is 2. The SMILES string of the molecule is Cc1cccc(OCCCC(=O)N2CCCc3c(-c4cnn(Cc5cccc(CO)c5)c4)cccc32)c1C. The summed E-state index contributed by atoms with van der Waals surface area (Å²) < 4.78 is 7.89. The number of anilines is 1. The Balaban J connectivity index is 1.25. The van der Waals surface area contributed by atoms with E-state index in [1.54, 1.807) is 0 Å². The lowest BCUT2D eigenvalue weighted by Crippen LogP contribution is -2.35. The van der Waals surface area contributed by atoms with E-state index in [4.69, 9.17) is 4.74 Å². The lowest BCUT2D eigenvalue weighted by molar-refractivity contribution is -0.118. The average molecular weight is 510 g/mol. The van der Waals surface area contributed by atoms with Gasteiger partial charge in [0.25, 0.3) is 0 Å². The molecule has 1 aliphatic rings. The zero-order chi connectivity index (χ0) is 26.5. The number of aryl methyl sites for hydroxylation is 1. The smallest absolute Gasteiger partial charge is 0.227 e. The van der Waals surface area contributed by atoms with E-state index < -0.39 is 0 Å². The van der Waals surface area contributed by atoms with Gasteiger partial charge < -0.3 is 14.7 Å². The Bertz CT molecular complexity index is 1430. The number of benzene rings is 3. The van der Waals surface area contributed by atoms with Gasteiger partial charge in [-0.1, -0.05) is 48.5 Å². The van der Waals surface area contributed by atoms with E-state index in [9.17, 15) is 9.90 Å². The third kappa shape index (κ3) is 5.65. The first kappa shape index (κ1) is 25.7. The van der Waals surface area contributed by atoms with Gasteiger partial charge in [-0.15, -0.1) is 0 Å². The Morgan fingerprint density at radius 1 is 1.05 bits per heavy atom. The molecule has 1 aliphatic heterocycles. The molecule has 0 atom stereocenters. The van der Waals surface area contributed by atoms with Crippen molar-refractivity contribution in [2.24, 2.45) is 0 Å². The lowest BCUT2D eigenvalue weighted by Gasteiger charge is -2.31. The number of fused-ring (bicyclic) bond motifs is 1. The number of ether oxygens (including phenoxy) is 1. The first-order chi connectivity index (χ1) is 18.5. The van der Waals surface area contributed by atoms with Crippen molar-refractivity contribution in [3.8, 4) is 16.9 Å². The molecule has 5 rings (SSSR count). The van der Waals surface area contributed by atoms with Crippen LogP contribution in [0.1, 0.15) is 47.1 Å². The molecule has 0 saturated carbocycles. The van der Waals surface area contributed by atoms with Crippen molar-refractivity contribution in [3.05, 3.63) is 101 Å². The molecule has 1 N–H and O–H groups in total. The van der Waals surface area contributed by atoms with Gasteiger partial charge in [0.15, 0.2) is 0 Å². The van der Waals surface area contributed by atoms with Gasteiger partial charge in [0.05, 0.1) is 26.0 Å². The molecule has 2 heterocycles. The van der Waals surface area contributed by atoms with Gasteiger partial charge in [-0.3, -0.25) is 9.48 Å². The van der Waals surface area contributed by atoms with Crippen molar-refractivity contribution < 1.29 is 14.6 Å². The van der Waals surface area contributed by atoms with E-state index in [0.717, 1.165) is 58.6 Å². The predicted octanol–water partition coefficient (Wildman–Crippen LogP) is 5.85. The summed E-state index contributed by atoms with van der Waals surface area (Å²) >= 11 is 0. The van der Waals surface area contributed by atoms with Gasteiger partial charge >= 0.3 is 0 Å². The Morgan fingerprint density at radius 2 is 1.87 bits per heavy atom. The van der Waals surface area contributed by atoms with E-state index >= 15 is 0 Å². The number of amides is 1. The van der Waals surface area contributed by atoms with Crippen molar-refractivity contribution in [1.29, 1.82) is 0 Å². The van der Waals surface area contributed by atoms with E-state index in [1.807, 2.05) is 58.2 Å². The van der Waals surface area contributed by atoms with Crippen LogP contribution in [0.4, 0.5) is 5.69 Å². The maximum atomic E-state index is 13.2. The van der Waals surface area contributed by atoms with Crippen LogP contribution in [0.3, 0.4) is 0 Å². The Labute approximate surface area is 224 Å². The molecular formula is C32H35N3O3. The van der Waals surface area contributed by atoms with Gasteiger partial charge in [0.2, 0.25) is 5.91 Å². The molecule has 6 nitrogen and oxygen atoms in total. The third-order valence-electron chi connectivity index (χ3n) is 7.36. The molecule has 0 radical (unpaired) electrons. The van der Waals surface area contributed by atoms with Gasteiger partial charge in [-0.05, 0) is 78.6 Å². The largest absolute Gasteiger partial charge is 0.493 e. The van der Waals surface area contributed by atoms with E-state index in [0.29, 0.717) is 26.0 Å². The summed E-state index contributed by atoms with van der Waals surface area (Å²) in [5, 5.41) is 14.0. The Kier molecular flexibility index (Phi) is 7.89. The summed E-state index contributed by atoms with van der Waals surface area (Å²) in [6.45, 7) is 6.08. The average Bonchev–Trinajstić information content (AvgIpc) is 3.40. The van der Waals surface area contributed by atoms with Crippen LogP contribution in [0.25, 0.3) is 11.1 Å². The monoisotopic (exact) mass is 509 g/mol. The quantitative estimate of drug-likeness (QED) is 0.288. The highest BCUT2D eigenvalue weighted by Gasteiger charge is 2.24. The summed E-state index contributed by atoms with van der Waals surface area (Å²) in [6.07, 6.45) is 6.98. The fraction of sp³-hybridized carbons (Fsp3) is 0.312. The van der Waals surface area contributed by atoms with Crippen LogP contribution in [0, 0.1) is 13.8 Å². The van der Waals surface area contributed by atoms with Crippen molar-refractivity contribution in [2.45, 2.75) is 52.7 Å². The predicted molar refractivity (Wildman–Crippen MR) is 150 cm³/mol. The normalized spacial score (nSPS) is 12.9. The summed E-state index contributed by atoms with van der Waals surface area (Å²) in [5.74, 6) is 1.04. The molecule has 0 bridgehead atoms.